The average Bonchev–Trinajstić information content (AvgIpc) is 2.55. The molecule has 0 aliphatic carbocycles. The number of amides is 1. The molecule has 1 amide bonds. The molecule has 0 unspecified atom stereocenters. The second-order valence-corrected chi connectivity index (χ2v) is 7.09. The van der Waals surface area contributed by atoms with Gasteiger partial charge in [-0.2, -0.15) is 4.31 Å². The van der Waals surface area contributed by atoms with Crippen LogP contribution < -0.4 is 5.32 Å². The van der Waals surface area contributed by atoms with Crippen LogP contribution in [0.25, 0.3) is 0 Å². The Morgan fingerprint density at radius 2 is 1.92 bits per heavy atom. The van der Waals surface area contributed by atoms with Crippen molar-refractivity contribution in [2.24, 2.45) is 0 Å². The molecule has 2 N–H and O–H groups in total. The van der Waals surface area contributed by atoms with Crippen molar-refractivity contribution in [1.29, 1.82) is 0 Å². The van der Waals surface area contributed by atoms with Gasteiger partial charge in [0.2, 0.25) is 10.0 Å². The molecule has 0 heterocycles. The van der Waals surface area contributed by atoms with Gasteiger partial charge in [-0.05, 0) is 36.4 Å². The summed E-state index contributed by atoms with van der Waals surface area (Å²) in [7, 11) is -2.47. The predicted molar refractivity (Wildman–Crippen MR) is 87.7 cm³/mol. The lowest BCUT2D eigenvalue weighted by Crippen LogP contribution is -2.29. The van der Waals surface area contributed by atoms with Crippen molar-refractivity contribution in [1.82, 2.24) is 4.31 Å². The van der Waals surface area contributed by atoms with Gasteiger partial charge in [-0.3, -0.25) is 4.79 Å². The molecule has 2 aromatic rings. The number of halogens is 1. The number of benzene rings is 2. The quantitative estimate of drug-likeness (QED) is 0.828. The SMILES string of the molecule is CN(CCO)S(=O)(=O)c1cccc(C(=O)Nc2cccc(F)c2)c1. The number of anilines is 1. The van der Waals surface area contributed by atoms with Crippen LogP contribution in [0.1, 0.15) is 10.4 Å². The summed E-state index contributed by atoms with van der Waals surface area (Å²) in [5.41, 5.74) is 0.392. The van der Waals surface area contributed by atoms with E-state index in [1.54, 1.807) is 0 Å². The first-order valence-electron chi connectivity index (χ1n) is 7.09. The lowest BCUT2D eigenvalue weighted by atomic mass is 10.2. The van der Waals surface area contributed by atoms with Crippen LogP contribution >= 0.6 is 0 Å². The van der Waals surface area contributed by atoms with Crippen molar-refractivity contribution in [2.45, 2.75) is 4.90 Å². The van der Waals surface area contributed by atoms with E-state index in [1.165, 1.54) is 49.5 Å². The summed E-state index contributed by atoms with van der Waals surface area (Å²) in [6, 6.07) is 10.9. The summed E-state index contributed by atoms with van der Waals surface area (Å²) in [6.45, 7) is -0.364. The third-order valence-corrected chi connectivity index (χ3v) is 5.15. The largest absolute Gasteiger partial charge is 0.395 e. The number of hydrogen-bond donors (Lipinski definition) is 2. The van der Waals surface area contributed by atoms with Crippen LogP contribution in [-0.4, -0.2) is 43.9 Å². The molecule has 0 bridgehead atoms. The number of likely N-dealkylation sites (N-methyl/N-ethyl adjacent to an activating group) is 1. The molecule has 2 rings (SSSR count). The van der Waals surface area contributed by atoms with E-state index in [1.807, 2.05) is 0 Å². The summed E-state index contributed by atoms with van der Waals surface area (Å²) >= 11 is 0. The van der Waals surface area contributed by atoms with Crippen molar-refractivity contribution in [3.63, 3.8) is 0 Å². The van der Waals surface area contributed by atoms with Crippen LogP contribution in [-0.2, 0) is 10.0 Å². The molecule has 8 heteroatoms. The van der Waals surface area contributed by atoms with Crippen molar-refractivity contribution >= 4 is 21.6 Å². The summed E-state index contributed by atoms with van der Waals surface area (Å²) < 4.78 is 38.8. The van der Waals surface area contributed by atoms with Gasteiger partial charge >= 0.3 is 0 Å². The molecule has 6 nitrogen and oxygen atoms in total. The second kappa shape index (κ2) is 7.52. The molecule has 0 spiro atoms. The van der Waals surface area contributed by atoms with Gasteiger partial charge in [-0.25, -0.2) is 12.8 Å². The van der Waals surface area contributed by atoms with E-state index in [0.717, 1.165) is 10.4 Å². The van der Waals surface area contributed by atoms with Crippen LogP contribution in [0.2, 0.25) is 0 Å². The molecule has 0 radical (unpaired) electrons. The lowest BCUT2D eigenvalue weighted by molar-refractivity contribution is 0.102. The van der Waals surface area contributed by atoms with Gasteiger partial charge in [0.1, 0.15) is 5.82 Å². The molecule has 0 atom stereocenters. The normalized spacial score (nSPS) is 11.5. The van der Waals surface area contributed by atoms with Crippen molar-refractivity contribution < 1.29 is 22.7 Å². The Balaban J connectivity index is 2.25. The molecule has 0 aliphatic rings. The van der Waals surface area contributed by atoms with Gasteiger partial charge in [0.15, 0.2) is 0 Å². The zero-order valence-electron chi connectivity index (χ0n) is 12.9. The summed E-state index contributed by atoms with van der Waals surface area (Å²) in [6.07, 6.45) is 0. The highest BCUT2D eigenvalue weighted by atomic mass is 32.2. The molecular weight excluding hydrogens is 335 g/mol. The van der Waals surface area contributed by atoms with Gasteiger partial charge in [-0.15, -0.1) is 0 Å². The number of aliphatic hydroxyl groups excluding tert-OH is 1. The fourth-order valence-corrected chi connectivity index (χ4v) is 3.22. The molecular formula is C16H17FN2O4S. The maximum absolute atomic E-state index is 13.1. The van der Waals surface area contributed by atoms with Crippen LogP contribution in [0, 0.1) is 5.82 Å². The Kier molecular flexibility index (Phi) is 5.66. The van der Waals surface area contributed by atoms with E-state index in [0.29, 0.717) is 0 Å². The monoisotopic (exact) mass is 352 g/mol. The number of aliphatic hydroxyl groups is 1. The summed E-state index contributed by atoms with van der Waals surface area (Å²) in [5, 5.41) is 11.4. The van der Waals surface area contributed by atoms with Gasteiger partial charge in [0.25, 0.3) is 5.91 Å². The van der Waals surface area contributed by atoms with Crippen molar-refractivity contribution in [3.8, 4) is 0 Å². The van der Waals surface area contributed by atoms with E-state index in [2.05, 4.69) is 5.32 Å². The molecule has 0 fully saturated rings. The average molecular weight is 352 g/mol. The first kappa shape index (κ1) is 18.1. The molecule has 0 aliphatic heterocycles. The Morgan fingerprint density at radius 1 is 1.21 bits per heavy atom. The van der Waals surface area contributed by atoms with E-state index in [-0.39, 0.29) is 29.3 Å². The number of carbonyl (C=O) groups excluding carboxylic acids is 1. The van der Waals surface area contributed by atoms with E-state index in [9.17, 15) is 17.6 Å². The summed E-state index contributed by atoms with van der Waals surface area (Å²) in [4.78, 5) is 12.2. The minimum absolute atomic E-state index is 0.0535. The van der Waals surface area contributed by atoms with E-state index >= 15 is 0 Å². The van der Waals surface area contributed by atoms with Crippen LogP contribution in [0.3, 0.4) is 0 Å². The number of nitrogens with one attached hydrogen (secondary N) is 1. The maximum atomic E-state index is 13.1. The smallest absolute Gasteiger partial charge is 0.255 e. The molecule has 128 valence electrons. The second-order valence-electron chi connectivity index (χ2n) is 5.04. The third kappa shape index (κ3) is 4.16. The summed E-state index contributed by atoms with van der Waals surface area (Å²) in [5.74, 6) is -1.04. The van der Waals surface area contributed by atoms with Gasteiger partial charge < -0.3 is 10.4 Å². The van der Waals surface area contributed by atoms with Crippen molar-refractivity contribution in [3.05, 3.63) is 59.9 Å². The highest BCUT2D eigenvalue weighted by Gasteiger charge is 2.21. The number of hydrogen-bond acceptors (Lipinski definition) is 4. The van der Waals surface area contributed by atoms with Crippen LogP contribution in [0.15, 0.2) is 53.4 Å². The van der Waals surface area contributed by atoms with Gasteiger partial charge in [0, 0.05) is 24.8 Å². The van der Waals surface area contributed by atoms with Crippen LogP contribution in [0.4, 0.5) is 10.1 Å². The topological polar surface area (TPSA) is 86.7 Å². The minimum Gasteiger partial charge on any atom is -0.395 e. The Morgan fingerprint density at radius 3 is 2.58 bits per heavy atom. The lowest BCUT2D eigenvalue weighted by Gasteiger charge is -2.16. The molecule has 0 saturated heterocycles. The predicted octanol–water partition coefficient (Wildman–Crippen LogP) is 1.69. The first-order chi connectivity index (χ1) is 11.3. The van der Waals surface area contributed by atoms with Gasteiger partial charge in [-0.1, -0.05) is 12.1 Å². The highest BCUT2D eigenvalue weighted by Crippen LogP contribution is 2.17. The first-order valence-corrected chi connectivity index (χ1v) is 8.53. The maximum Gasteiger partial charge on any atom is 0.255 e. The van der Waals surface area contributed by atoms with E-state index < -0.39 is 21.7 Å². The zero-order valence-corrected chi connectivity index (χ0v) is 13.8. The van der Waals surface area contributed by atoms with Gasteiger partial charge in [0.05, 0.1) is 11.5 Å². The van der Waals surface area contributed by atoms with E-state index in [4.69, 9.17) is 5.11 Å². The van der Waals surface area contributed by atoms with Crippen molar-refractivity contribution in [2.75, 3.05) is 25.5 Å². The number of nitrogens with zero attached hydrogens (tertiary/aromatic N) is 1. The standard InChI is InChI=1S/C16H17FN2O4S/c1-19(8-9-20)24(22,23)15-7-2-4-12(10-15)16(21)18-14-6-3-5-13(17)11-14/h2-7,10-11,20H,8-9H2,1H3,(H,18,21). The fraction of sp³-hybridized carbons (Fsp3) is 0.188. The minimum atomic E-state index is -3.80. The Labute approximate surface area is 139 Å². The fourth-order valence-electron chi connectivity index (χ4n) is 2.01. The number of rotatable bonds is 6. The Hall–Kier alpha value is -2.29. The molecule has 0 saturated carbocycles. The van der Waals surface area contributed by atoms with Crippen LogP contribution in [0.5, 0.6) is 0 Å². The number of sulfonamides is 1. The zero-order chi connectivity index (χ0) is 17.7. The number of carbonyl (C=O) groups is 1. The molecule has 24 heavy (non-hydrogen) atoms. The third-order valence-electron chi connectivity index (χ3n) is 3.30. The molecule has 2 aromatic carbocycles. The Bertz CT molecular complexity index is 839. The molecule has 0 aromatic heterocycles. The highest BCUT2D eigenvalue weighted by molar-refractivity contribution is 7.89.